The molecule has 182 valence electrons. The van der Waals surface area contributed by atoms with Crippen LogP contribution in [0.3, 0.4) is 0 Å². The summed E-state index contributed by atoms with van der Waals surface area (Å²) in [6, 6.07) is 6.77. The molecule has 2 amide bonds. The van der Waals surface area contributed by atoms with Gasteiger partial charge in [-0.3, -0.25) is 9.59 Å². The van der Waals surface area contributed by atoms with Gasteiger partial charge in [0, 0.05) is 11.0 Å². The molecule has 0 bridgehead atoms. The number of alkyl halides is 3. The number of amides is 2. The molecule has 2 aromatic carbocycles. The van der Waals surface area contributed by atoms with Crippen LogP contribution in [-0.2, 0) is 4.79 Å². The number of likely N-dealkylation sites (N-methyl/N-ethyl adjacent to an activating group) is 1. The summed E-state index contributed by atoms with van der Waals surface area (Å²) in [6.45, 7) is 2.24. The summed E-state index contributed by atoms with van der Waals surface area (Å²) in [5.74, 6) is -2.67. The first kappa shape index (κ1) is 26.9. The van der Waals surface area contributed by atoms with Crippen molar-refractivity contribution in [1.29, 1.82) is 0 Å². The van der Waals surface area contributed by atoms with Crippen LogP contribution in [0.1, 0.15) is 47.2 Å². The fourth-order valence-electron chi connectivity index (χ4n) is 3.34. The van der Waals surface area contributed by atoms with Gasteiger partial charge in [-0.05, 0) is 71.1 Å². The molecule has 0 aliphatic heterocycles. The highest BCUT2D eigenvalue weighted by atomic mass is 79.9. The van der Waals surface area contributed by atoms with E-state index in [1.165, 1.54) is 24.3 Å². The van der Waals surface area contributed by atoms with Gasteiger partial charge in [-0.25, -0.2) is 0 Å². The predicted molar refractivity (Wildman–Crippen MR) is 132 cm³/mol. The number of benzene rings is 2. The minimum atomic E-state index is -4.61. The topological polar surface area (TPSA) is 58.2 Å². The number of nitrogens with one attached hydrogen (secondary N) is 2. The number of halogens is 7. The van der Waals surface area contributed by atoms with Crippen molar-refractivity contribution in [2.24, 2.45) is 0 Å². The minimum absolute atomic E-state index is 0.0186. The lowest BCUT2D eigenvalue weighted by molar-refractivity contribution is -0.139. The second kappa shape index (κ2) is 10.5. The van der Waals surface area contributed by atoms with E-state index in [2.05, 4.69) is 26.6 Å². The van der Waals surface area contributed by atoms with Crippen molar-refractivity contribution >= 4 is 68.6 Å². The zero-order valence-electron chi connectivity index (χ0n) is 17.7. The monoisotopic (exact) mass is 596 g/mol. The maximum absolute atomic E-state index is 13.7. The van der Waals surface area contributed by atoms with Crippen LogP contribution in [-0.4, -0.2) is 30.1 Å². The summed E-state index contributed by atoms with van der Waals surface area (Å²) < 4.78 is 41.6. The van der Waals surface area contributed by atoms with Gasteiger partial charge in [0.1, 0.15) is 5.54 Å². The van der Waals surface area contributed by atoms with Gasteiger partial charge in [0.05, 0.1) is 26.5 Å². The molecule has 1 atom stereocenters. The van der Waals surface area contributed by atoms with E-state index in [1.54, 1.807) is 6.92 Å². The third-order valence-electron chi connectivity index (χ3n) is 5.31. The van der Waals surface area contributed by atoms with Crippen LogP contribution in [0, 0.1) is 0 Å². The van der Waals surface area contributed by atoms with Gasteiger partial charge in [-0.15, -0.1) is 0 Å². The van der Waals surface area contributed by atoms with Gasteiger partial charge >= 0.3 is 6.18 Å². The van der Waals surface area contributed by atoms with E-state index in [1.807, 2.05) is 0 Å². The second-order valence-electron chi connectivity index (χ2n) is 7.81. The average molecular weight is 599 g/mol. The zero-order valence-corrected chi connectivity index (χ0v) is 21.6. The molecule has 0 heterocycles. The Hall–Kier alpha value is -1.74. The molecule has 2 aromatic rings. The van der Waals surface area contributed by atoms with Crippen LogP contribution >= 0.6 is 50.7 Å². The van der Waals surface area contributed by atoms with Crippen LogP contribution in [0.2, 0.25) is 15.1 Å². The molecule has 34 heavy (non-hydrogen) atoms. The molecule has 0 radical (unpaired) electrons. The maximum atomic E-state index is 13.7. The standard InChI is InChI=1S/C23H19BrCl3F3N2O2/c1-2-31-21(34)22(7-8-22)32-20(33)14-5-3-12(9-16(14)24)4-6-15(23(28,29)30)13-10-17(25)19(27)18(26)11-13/h3-6,9-11,15H,2,7-8H2,1H3,(H,31,34)(H,32,33). The summed E-state index contributed by atoms with van der Waals surface area (Å²) in [7, 11) is 0. The molecule has 1 unspecified atom stereocenters. The van der Waals surface area contributed by atoms with E-state index in [-0.39, 0.29) is 32.1 Å². The van der Waals surface area contributed by atoms with Gasteiger partial charge in [0.25, 0.3) is 5.91 Å². The third kappa shape index (κ3) is 6.08. The summed E-state index contributed by atoms with van der Waals surface area (Å²) >= 11 is 21.0. The van der Waals surface area contributed by atoms with E-state index in [4.69, 9.17) is 34.8 Å². The number of allylic oxidation sites excluding steroid dienone is 1. The number of hydrogen-bond acceptors (Lipinski definition) is 2. The summed E-state index contributed by atoms with van der Waals surface area (Å²) in [6.07, 6.45) is -1.25. The van der Waals surface area contributed by atoms with Crippen molar-refractivity contribution in [2.75, 3.05) is 6.54 Å². The van der Waals surface area contributed by atoms with Gasteiger partial charge in [-0.2, -0.15) is 13.2 Å². The van der Waals surface area contributed by atoms with E-state index in [0.717, 1.165) is 18.2 Å². The van der Waals surface area contributed by atoms with Crippen LogP contribution in [0.4, 0.5) is 13.2 Å². The normalized spacial score (nSPS) is 15.8. The Morgan fingerprint density at radius 3 is 2.26 bits per heavy atom. The minimum Gasteiger partial charge on any atom is -0.354 e. The summed E-state index contributed by atoms with van der Waals surface area (Å²) in [4.78, 5) is 24.9. The van der Waals surface area contributed by atoms with Crippen LogP contribution in [0.15, 0.2) is 40.9 Å². The summed E-state index contributed by atoms with van der Waals surface area (Å²) in [5.41, 5.74) is -0.380. The van der Waals surface area contributed by atoms with E-state index in [0.29, 0.717) is 29.4 Å². The Balaban J connectivity index is 1.81. The van der Waals surface area contributed by atoms with Crippen molar-refractivity contribution in [3.05, 3.63) is 72.6 Å². The van der Waals surface area contributed by atoms with Crippen LogP contribution in [0.25, 0.3) is 6.08 Å². The van der Waals surface area contributed by atoms with E-state index >= 15 is 0 Å². The van der Waals surface area contributed by atoms with Crippen molar-refractivity contribution in [2.45, 2.75) is 37.4 Å². The largest absolute Gasteiger partial charge is 0.399 e. The Kier molecular flexibility index (Phi) is 8.28. The molecule has 4 nitrogen and oxygen atoms in total. The number of rotatable bonds is 7. The molecule has 11 heteroatoms. The van der Waals surface area contributed by atoms with Gasteiger partial charge < -0.3 is 10.6 Å². The van der Waals surface area contributed by atoms with Gasteiger partial charge in [0.2, 0.25) is 5.91 Å². The fourth-order valence-corrected chi connectivity index (χ4v) is 4.53. The first-order valence-electron chi connectivity index (χ1n) is 10.2. The Morgan fingerprint density at radius 1 is 1.15 bits per heavy atom. The van der Waals surface area contributed by atoms with Crippen LogP contribution < -0.4 is 10.6 Å². The zero-order chi connectivity index (χ0) is 25.3. The van der Waals surface area contributed by atoms with Crippen molar-refractivity contribution in [3.63, 3.8) is 0 Å². The number of carbonyl (C=O) groups excluding carboxylic acids is 2. The first-order chi connectivity index (χ1) is 15.9. The molecular weight excluding hydrogens is 580 g/mol. The van der Waals surface area contributed by atoms with Crippen molar-refractivity contribution in [3.8, 4) is 0 Å². The van der Waals surface area contributed by atoms with Gasteiger partial charge in [0.15, 0.2) is 0 Å². The molecular formula is C23H19BrCl3F3N2O2. The lowest BCUT2D eigenvalue weighted by Gasteiger charge is -2.18. The second-order valence-corrected chi connectivity index (χ2v) is 9.86. The molecule has 0 spiro atoms. The Bertz CT molecular complexity index is 1130. The maximum Gasteiger partial charge on any atom is 0.399 e. The Morgan fingerprint density at radius 2 is 1.76 bits per heavy atom. The molecule has 1 fully saturated rings. The summed E-state index contributed by atoms with van der Waals surface area (Å²) in [5, 5.41) is 5.28. The molecule has 3 rings (SSSR count). The highest BCUT2D eigenvalue weighted by Gasteiger charge is 2.51. The molecule has 1 saturated carbocycles. The number of hydrogen-bond donors (Lipinski definition) is 2. The van der Waals surface area contributed by atoms with Crippen molar-refractivity contribution < 1.29 is 22.8 Å². The van der Waals surface area contributed by atoms with Crippen molar-refractivity contribution in [1.82, 2.24) is 10.6 Å². The highest BCUT2D eigenvalue weighted by Crippen LogP contribution is 2.41. The lowest BCUT2D eigenvalue weighted by atomic mass is 9.97. The predicted octanol–water partition coefficient (Wildman–Crippen LogP) is 7.17. The fraction of sp³-hybridized carbons (Fsp3) is 0.304. The molecule has 1 aliphatic carbocycles. The SMILES string of the molecule is CCNC(=O)C1(NC(=O)c2ccc(C=CC(c3cc(Cl)c(Cl)c(Cl)c3)C(F)(F)F)cc2Br)CC1. The molecule has 2 N–H and O–H groups in total. The van der Waals surface area contributed by atoms with E-state index < -0.39 is 23.5 Å². The molecule has 0 aromatic heterocycles. The molecule has 0 saturated heterocycles. The third-order valence-corrected chi connectivity index (χ3v) is 7.16. The number of carbonyl (C=O) groups is 2. The van der Waals surface area contributed by atoms with Crippen LogP contribution in [0.5, 0.6) is 0 Å². The quantitative estimate of drug-likeness (QED) is 0.332. The lowest BCUT2D eigenvalue weighted by Crippen LogP contribution is -2.49. The molecule has 1 aliphatic rings. The first-order valence-corrected chi connectivity index (χ1v) is 12.1. The Labute approximate surface area is 218 Å². The van der Waals surface area contributed by atoms with Gasteiger partial charge in [-0.1, -0.05) is 53.0 Å². The smallest absolute Gasteiger partial charge is 0.354 e. The average Bonchev–Trinajstić information content (AvgIpc) is 3.52. The van der Waals surface area contributed by atoms with E-state index in [9.17, 15) is 22.8 Å². The highest BCUT2D eigenvalue weighted by molar-refractivity contribution is 9.10.